The molecule has 1 aromatic carbocycles. The zero-order chi connectivity index (χ0) is 26.9. The molecule has 3 aliphatic rings. The van der Waals surface area contributed by atoms with Crippen LogP contribution in [0, 0.1) is 0 Å². The van der Waals surface area contributed by atoms with Crippen LogP contribution in [-0.4, -0.2) is 64.5 Å². The standard InChI is InChI=1S/C30H33N5O3S/c1-2-20(17-21-7-5-14-39-21)32-24-8-9-31-28(36)27(24)26-16-19-15-22-23(18-25(19)33-26)30(38)35(29(22)37)13-6-12-34-10-3-4-11-34/h5,7-9,14-15,18,20H,2-4,6,10-13,16-17H2,1H3,(H2,31,32,36). The van der Waals surface area contributed by atoms with E-state index in [0.29, 0.717) is 41.1 Å². The Kier molecular flexibility index (Phi) is 7.18. The smallest absolute Gasteiger partial charge is 0.261 e. The molecule has 2 aromatic heterocycles. The highest BCUT2D eigenvalue weighted by Crippen LogP contribution is 2.36. The average molecular weight is 544 g/mol. The fraction of sp³-hybridized carbons (Fsp3) is 0.400. The highest BCUT2D eigenvalue weighted by molar-refractivity contribution is 7.09. The Morgan fingerprint density at radius 3 is 2.62 bits per heavy atom. The quantitative estimate of drug-likeness (QED) is 0.364. The molecule has 39 heavy (non-hydrogen) atoms. The van der Waals surface area contributed by atoms with Gasteiger partial charge in [-0.05, 0) is 80.5 Å². The number of H-pyrrole nitrogens is 1. The van der Waals surface area contributed by atoms with Gasteiger partial charge in [0.15, 0.2) is 0 Å². The van der Waals surface area contributed by atoms with Crippen molar-refractivity contribution in [3.05, 3.63) is 79.4 Å². The van der Waals surface area contributed by atoms with Crippen LogP contribution in [0.15, 0.2) is 51.7 Å². The Labute approximate surface area is 231 Å². The summed E-state index contributed by atoms with van der Waals surface area (Å²) >= 11 is 1.73. The second-order valence-electron chi connectivity index (χ2n) is 10.6. The highest BCUT2D eigenvalue weighted by atomic mass is 32.1. The topological polar surface area (TPSA) is 97.9 Å². The molecule has 9 heteroatoms. The van der Waals surface area contributed by atoms with Crippen LogP contribution in [0.4, 0.5) is 11.4 Å². The maximum atomic E-state index is 13.2. The van der Waals surface area contributed by atoms with E-state index in [2.05, 4.69) is 39.6 Å². The third-order valence-corrected chi connectivity index (χ3v) is 8.87. The monoisotopic (exact) mass is 543 g/mol. The SMILES string of the molecule is CCC(Cc1cccs1)Nc1cc[nH]c(=O)c1C1=Nc2cc3c(cc2C1)C(=O)N(CCCN1CCCC1)C3=O. The van der Waals surface area contributed by atoms with Crippen LogP contribution in [0.25, 0.3) is 0 Å². The van der Waals surface area contributed by atoms with E-state index in [-0.39, 0.29) is 23.4 Å². The molecule has 0 saturated carbocycles. The molecular formula is C30H33N5O3S. The minimum absolute atomic E-state index is 0.170. The number of likely N-dealkylation sites (tertiary alicyclic amines) is 1. The van der Waals surface area contributed by atoms with Crippen molar-refractivity contribution in [2.24, 2.45) is 4.99 Å². The van der Waals surface area contributed by atoms with Gasteiger partial charge in [0.25, 0.3) is 17.4 Å². The van der Waals surface area contributed by atoms with Crippen molar-refractivity contribution in [1.82, 2.24) is 14.8 Å². The number of fused-ring (bicyclic) bond motifs is 2. The van der Waals surface area contributed by atoms with Crippen molar-refractivity contribution < 1.29 is 9.59 Å². The van der Waals surface area contributed by atoms with E-state index in [0.717, 1.165) is 50.1 Å². The maximum absolute atomic E-state index is 13.2. The van der Waals surface area contributed by atoms with Crippen molar-refractivity contribution in [1.29, 1.82) is 0 Å². The summed E-state index contributed by atoms with van der Waals surface area (Å²) in [5, 5.41) is 5.65. The molecule has 1 unspecified atom stereocenters. The first-order valence-electron chi connectivity index (χ1n) is 13.9. The Hall–Kier alpha value is -3.56. The number of hydrogen-bond donors (Lipinski definition) is 2. The van der Waals surface area contributed by atoms with Crippen LogP contribution in [0.5, 0.6) is 0 Å². The molecule has 202 valence electrons. The molecule has 8 nitrogen and oxygen atoms in total. The van der Waals surface area contributed by atoms with Gasteiger partial charge >= 0.3 is 0 Å². The number of thiophene rings is 1. The number of anilines is 1. The first-order valence-corrected chi connectivity index (χ1v) is 14.7. The fourth-order valence-corrected chi connectivity index (χ4v) is 6.65. The molecule has 1 saturated heterocycles. The lowest BCUT2D eigenvalue weighted by atomic mass is 9.99. The Bertz CT molecular complexity index is 1490. The number of carbonyl (C=O) groups is 2. The first kappa shape index (κ1) is 25.7. The number of imide groups is 1. The molecule has 2 amide bonds. The summed E-state index contributed by atoms with van der Waals surface area (Å²) in [5.74, 6) is -0.478. The zero-order valence-corrected chi connectivity index (χ0v) is 23.0. The lowest BCUT2D eigenvalue weighted by Crippen LogP contribution is -2.33. The second-order valence-corrected chi connectivity index (χ2v) is 11.6. The van der Waals surface area contributed by atoms with E-state index in [1.807, 2.05) is 6.07 Å². The summed E-state index contributed by atoms with van der Waals surface area (Å²) in [4.78, 5) is 52.0. The Balaban J connectivity index is 1.21. The van der Waals surface area contributed by atoms with E-state index in [1.165, 1.54) is 22.6 Å². The second kappa shape index (κ2) is 10.9. The van der Waals surface area contributed by atoms with Gasteiger partial charge in [0, 0.05) is 36.5 Å². The number of aromatic amines is 1. The van der Waals surface area contributed by atoms with E-state index in [1.54, 1.807) is 29.7 Å². The number of amides is 2. The van der Waals surface area contributed by atoms with Crippen molar-refractivity contribution in [3.8, 4) is 0 Å². The van der Waals surface area contributed by atoms with Crippen LogP contribution in [-0.2, 0) is 12.8 Å². The van der Waals surface area contributed by atoms with Gasteiger partial charge in [0.1, 0.15) is 0 Å². The molecule has 2 N–H and O–H groups in total. The molecule has 3 aliphatic heterocycles. The molecule has 1 fully saturated rings. The number of hydrogen-bond acceptors (Lipinski definition) is 7. The molecule has 0 aliphatic carbocycles. The highest BCUT2D eigenvalue weighted by Gasteiger charge is 2.37. The predicted octanol–water partition coefficient (Wildman–Crippen LogP) is 4.63. The number of pyridine rings is 1. The van der Waals surface area contributed by atoms with Gasteiger partial charge < -0.3 is 15.2 Å². The number of carbonyl (C=O) groups excluding carboxylic acids is 2. The number of nitrogens with zero attached hydrogens (tertiary/aromatic N) is 3. The number of benzene rings is 1. The molecule has 0 radical (unpaired) electrons. The van der Waals surface area contributed by atoms with E-state index in [4.69, 9.17) is 4.99 Å². The number of rotatable bonds is 10. The average Bonchev–Trinajstić information content (AvgIpc) is 3.74. The fourth-order valence-electron chi connectivity index (χ4n) is 5.86. The molecule has 6 rings (SSSR count). The van der Waals surface area contributed by atoms with Crippen molar-refractivity contribution in [2.45, 2.75) is 51.5 Å². The summed E-state index contributed by atoms with van der Waals surface area (Å²) in [5.41, 5.74) is 4.07. The van der Waals surface area contributed by atoms with Crippen LogP contribution in [0.1, 0.15) is 69.3 Å². The largest absolute Gasteiger partial charge is 0.381 e. The molecule has 0 spiro atoms. The normalized spacial score (nSPS) is 17.5. The van der Waals surface area contributed by atoms with Crippen LogP contribution in [0.3, 0.4) is 0 Å². The molecule has 5 heterocycles. The van der Waals surface area contributed by atoms with Gasteiger partial charge in [0.2, 0.25) is 0 Å². The zero-order valence-electron chi connectivity index (χ0n) is 22.2. The first-order chi connectivity index (χ1) is 19.0. The van der Waals surface area contributed by atoms with Crippen LogP contribution in [0.2, 0.25) is 0 Å². The number of nitrogens with one attached hydrogen (secondary N) is 2. The summed E-state index contributed by atoms with van der Waals surface area (Å²) in [6.45, 7) is 5.67. The molecular weight excluding hydrogens is 510 g/mol. The van der Waals surface area contributed by atoms with Gasteiger partial charge in [-0.3, -0.25) is 24.3 Å². The van der Waals surface area contributed by atoms with E-state index in [9.17, 15) is 14.4 Å². The van der Waals surface area contributed by atoms with Crippen molar-refractivity contribution in [3.63, 3.8) is 0 Å². The number of aromatic nitrogens is 1. The van der Waals surface area contributed by atoms with Gasteiger partial charge in [-0.15, -0.1) is 11.3 Å². The third kappa shape index (κ3) is 5.08. The van der Waals surface area contributed by atoms with E-state index < -0.39 is 0 Å². The minimum Gasteiger partial charge on any atom is -0.381 e. The van der Waals surface area contributed by atoms with E-state index >= 15 is 0 Å². The summed E-state index contributed by atoms with van der Waals surface area (Å²) in [7, 11) is 0. The maximum Gasteiger partial charge on any atom is 0.261 e. The van der Waals surface area contributed by atoms with Gasteiger partial charge in [0.05, 0.1) is 33.8 Å². The predicted molar refractivity (Wildman–Crippen MR) is 155 cm³/mol. The van der Waals surface area contributed by atoms with Gasteiger partial charge in [-0.2, -0.15) is 0 Å². The summed E-state index contributed by atoms with van der Waals surface area (Å²) in [6, 6.07) is 9.76. The lowest BCUT2D eigenvalue weighted by Gasteiger charge is -2.19. The van der Waals surface area contributed by atoms with Gasteiger partial charge in [-0.25, -0.2) is 0 Å². The van der Waals surface area contributed by atoms with Crippen molar-refractivity contribution in [2.75, 3.05) is 31.5 Å². The lowest BCUT2D eigenvalue weighted by molar-refractivity contribution is 0.0648. The van der Waals surface area contributed by atoms with Crippen molar-refractivity contribution >= 4 is 40.2 Å². The molecule has 3 aromatic rings. The van der Waals surface area contributed by atoms with Crippen LogP contribution < -0.4 is 10.9 Å². The Morgan fingerprint density at radius 2 is 1.87 bits per heavy atom. The number of aliphatic imine (C=N–C) groups is 1. The van der Waals surface area contributed by atoms with Crippen LogP contribution >= 0.6 is 11.3 Å². The summed E-state index contributed by atoms with van der Waals surface area (Å²) < 4.78 is 0. The molecule has 0 bridgehead atoms. The Morgan fingerprint density at radius 1 is 1.08 bits per heavy atom. The minimum atomic E-state index is -0.248. The summed E-state index contributed by atoms with van der Waals surface area (Å²) in [6.07, 6.45) is 7.09. The molecule has 1 atom stereocenters. The third-order valence-electron chi connectivity index (χ3n) is 7.97. The van der Waals surface area contributed by atoms with Gasteiger partial charge in [-0.1, -0.05) is 13.0 Å².